The lowest BCUT2D eigenvalue weighted by Crippen LogP contribution is -2.38. The van der Waals surface area contributed by atoms with Crippen LogP contribution in [0.5, 0.6) is 0 Å². The largest absolute Gasteiger partial charge is 0.379 e. The number of nitro benzene ring substituents is 1. The van der Waals surface area contributed by atoms with Gasteiger partial charge in [-0.3, -0.25) is 14.9 Å². The Labute approximate surface area is 121 Å². The highest BCUT2D eigenvalue weighted by Gasteiger charge is 2.25. The number of hydrogen-bond acceptors (Lipinski definition) is 5. The topological polar surface area (TPSA) is 75.5 Å². The van der Waals surface area contributed by atoms with Crippen molar-refractivity contribution >= 4 is 29.0 Å². The molecular weight excluding hydrogens is 278 g/mol. The van der Waals surface area contributed by atoms with Crippen LogP contribution in [0, 0.1) is 10.1 Å². The summed E-state index contributed by atoms with van der Waals surface area (Å²) in [6.07, 6.45) is 0. The fourth-order valence-corrected chi connectivity index (χ4v) is 3.07. The van der Waals surface area contributed by atoms with E-state index in [-0.39, 0.29) is 11.6 Å². The van der Waals surface area contributed by atoms with Gasteiger partial charge in [-0.25, -0.2) is 0 Å². The molecule has 6 nitrogen and oxygen atoms in total. The molecule has 1 aromatic carbocycles. The van der Waals surface area contributed by atoms with E-state index in [1.165, 1.54) is 6.07 Å². The van der Waals surface area contributed by atoms with Gasteiger partial charge in [-0.15, -0.1) is 0 Å². The molecule has 1 saturated heterocycles. The van der Waals surface area contributed by atoms with Crippen LogP contribution in [0.3, 0.4) is 0 Å². The fourth-order valence-electron chi connectivity index (χ4n) is 2.17. The standard InChI is InChI=1S/C13H17N3O3S/c1-2-14-12-10(4-3-5-11(12)16(18)19)13(17)15-6-8-20-9-7-15/h3-5,14H,2,6-9H2,1H3. The zero-order valence-electron chi connectivity index (χ0n) is 11.3. The average molecular weight is 295 g/mol. The monoisotopic (exact) mass is 295 g/mol. The Kier molecular flexibility index (Phi) is 4.84. The number of benzene rings is 1. The number of carbonyl (C=O) groups excluding carboxylic acids is 1. The minimum absolute atomic E-state index is 0.0518. The molecule has 0 aliphatic carbocycles. The van der Waals surface area contributed by atoms with Crippen molar-refractivity contribution in [2.45, 2.75) is 6.92 Å². The maximum atomic E-state index is 12.5. The quantitative estimate of drug-likeness (QED) is 0.681. The van der Waals surface area contributed by atoms with Gasteiger partial charge in [-0.05, 0) is 13.0 Å². The fraction of sp³-hybridized carbons (Fsp3) is 0.462. The molecule has 0 spiro atoms. The maximum absolute atomic E-state index is 12.5. The second kappa shape index (κ2) is 6.60. The summed E-state index contributed by atoms with van der Waals surface area (Å²) in [7, 11) is 0. The van der Waals surface area contributed by atoms with Crippen molar-refractivity contribution < 1.29 is 9.72 Å². The number of amides is 1. The van der Waals surface area contributed by atoms with E-state index in [2.05, 4.69) is 5.32 Å². The predicted molar refractivity (Wildman–Crippen MR) is 80.5 cm³/mol. The molecule has 1 N–H and O–H groups in total. The van der Waals surface area contributed by atoms with Crippen molar-refractivity contribution in [3.05, 3.63) is 33.9 Å². The highest BCUT2D eigenvalue weighted by Crippen LogP contribution is 2.29. The summed E-state index contributed by atoms with van der Waals surface area (Å²) in [6, 6.07) is 4.63. The molecule has 7 heteroatoms. The lowest BCUT2D eigenvalue weighted by molar-refractivity contribution is -0.384. The average Bonchev–Trinajstić information content (AvgIpc) is 2.47. The van der Waals surface area contributed by atoms with Gasteiger partial charge in [0.25, 0.3) is 11.6 Å². The second-order valence-corrected chi connectivity index (χ2v) is 5.62. The van der Waals surface area contributed by atoms with E-state index in [9.17, 15) is 14.9 Å². The van der Waals surface area contributed by atoms with Gasteiger partial charge in [0, 0.05) is 37.2 Å². The molecule has 1 aromatic rings. The van der Waals surface area contributed by atoms with Crippen molar-refractivity contribution in [3.8, 4) is 0 Å². The molecule has 1 aliphatic rings. The van der Waals surface area contributed by atoms with E-state index in [0.717, 1.165) is 11.5 Å². The Bertz CT molecular complexity index is 516. The van der Waals surface area contributed by atoms with Crippen LogP contribution in [-0.2, 0) is 0 Å². The van der Waals surface area contributed by atoms with Crippen LogP contribution in [0.25, 0.3) is 0 Å². The molecule has 1 aliphatic heterocycles. The molecule has 2 rings (SSSR count). The summed E-state index contributed by atoms with van der Waals surface area (Å²) in [5, 5.41) is 14.0. The summed E-state index contributed by atoms with van der Waals surface area (Å²) in [4.78, 5) is 24.9. The third-order valence-electron chi connectivity index (χ3n) is 3.12. The summed E-state index contributed by atoms with van der Waals surface area (Å²) < 4.78 is 0. The van der Waals surface area contributed by atoms with Gasteiger partial charge in [0.2, 0.25) is 0 Å². The number of hydrogen-bond donors (Lipinski definition) is 1. The van der Waals surface area contributed by atoms with E-state index in [1.54, 1.807) is 17.0 Å². The summed E-state index contributed by atoms with van der Waals surface area (Å²) in [5.74, 6) is 1.69. The molecular formula is C13H17N3O3S. The zero-order chi connectivity index (χ0) is 14.5. The number of anilines is 1. The van der Waals surface area contributed by atoms with Crippen molar-refractivity contribution in [1.29, 1.82) is 0 Å². The first kappa shape index (κ1) is 14.6. The number of rotatable bonds is 4. The van der Waals surface area contributed by atoms with Crippen LogP contribution >= 0.6 is 11.8 Å². The Morgan fingerprint density at radius 2 is 2.15 bits per heavy atom. The van der Waals surface area contributed by atoms with Crippen LogP contribution < -0.4 is 5.32 Å². The predicted octanol–water partition coefficient (Wildman–Crippen LogP) is 2.22. The van der Waals surface area contributed by atoms with E-state index in [0.29, 0.717) is 30.9 Å². The molecule has 20 heavy (non-hydrogen) atoms. The second-order valence-electron chi connectivity index (χ2n) is 4.39. The van der Waals surface area contributed by atoms with Gasteiger partial charge in [0.05, 0.1) is 10.5 Å². The van der Waals surface area contributed by atoms with Gasteiger partial charge in [0.1, 0.15) is 5.69 Å². The normalized spacial score (nSPS) is 14.9. The first-order valence-corrected chi connectivity index (χ1v) is 7.69. The Morgan fingerprint density at radius 1 is 1.45 bits per heavy atom. The molecule has 0 bridgehead atoms. The van der Waals surface area contributed by atoms with Gasteiger partial charge in [-0.1, -0.05) is 6.07 Å². The zero-order valence-corrected chi connectivity index (χ0v) is 12.1. The minimum atomic E-state index is -0.458. The Morgan fingerprint density at radius 3 is 2.75 bits per heavy atom. The number of thioether (sulfide) groups is 1. The van der Waals surface area contributed by atoms with E-state index in [1.807, 2.05) is 18.7 Å². The number of nitrogens with zero attached hydrogens (tertiary/aromatic N) is 2. The Balaban J connectivity index is 2.36. The van der Waals surface area contributed by atoms with Crippen molar-refractivity contribution in [2.75, 3.05) is 36.5 Å². The van der Waals surface area contributed by atoms with Gasteiger partial charge in [0.15, 0.2) is 0 Å². The van der Waals surface area contributed by atoms with Crippen molar-refractivity contribution in [2.24, 2.45) is 0 Å². The van der Waals surface area contributed by atoms with Crippen LogP contribution in [0.2, 0.25) is 0 Å². The highest BCUT2D eigenvalue weighted by atomic mass is 32.2. The van der Waals surface area contributed by atoms with Gasteiger partial charge >= 0.3 is 0 Å². The molecule has 0 aromatic heterocycles. The first-order chi connectivity index (χ1) is 9.65. The van der Waals surface area contributed by atoms with Crippen LogP contribution in [0.4, 0.5) is 11.4 Å². The molecule has 1 amide bonds. The SMILES string of the molecule is CCNc1c(C(=O)N2CCSCC2)cccc1[N+](=O)[O-]. The van der Waals surface area contributed by atoms with Crippen LogP contribution in [0.15, 0.2) is 18.2 Å². The highest BCUT2D eigenvalue weighted by molar-refractivity contribution is 7.99. The number of para-hydroxylation sites is 1. The molecule has 0 unspecified atom stereocenters. The van der Waals surface area contributed by atoms with Crippen molar-refractivity contribution in [3.63, 3.8) is 0 Å². The smallest absolute Gasteiger partial charge is 0.293 e. The third-order valence-corrected chi connectivity index (χ3v) is 4.06. The maximum Gasteiger partial charge on any atom is 0.293 e. The minimum Gasteiger partial charge on any atom is -0.379 e. The molecule has 1 heterocycles. The summed E-state index contributed by atoms with van der Waals surface area (Å²) >= 11 is 1.82. The lowest BCUT2D eigenvalue weighted by Gasteiger charge is -2.27. The van der Waals surface area contributed by atoms with Crippen LogP contribution in [0.1, 0.15) is 17.3 Å². The van der Waals surface area contributed by atoms with E-state index < -0.39 is 4.92 Å². The van der Waals surface area contributed by atoms with E-state index in [4.69, 9.17) is 0 Å². The summed E-state index contributed by atoms with van der Waals surface area (Å²) in [5.41, 5.74) is 0.653. The van der Waals surface area contributed by atoms with Crippen molar-refractivity contribution in [1.82, 2.24) is 4.90 Å². The molecule has 0 radical (unpaired) electrons. The third kappa shape index (κ3) is 3.04. The Hall–Kier alpha value is -1.76. The first-order valence-electron chi connectivity index (χ1n) is 6.53. The number of nitro groups is 1. The molecule has 0 atom stereocenters. The summed E-state index contributed by atoms with van der Waals surface area (Å²) in [6.45, 7) is 3.76. The van der Waals surface area contributed by atoms with Gasteiger partial charge in [-0.2, -0.15) is 11.8 Å². The number of carbonyl (C=O) groups is 1. The molecule has 1 fully saturated rings. The van der Waals surface area contributed by atoms with E-state index >= 15 is 0 Å². The van der Waals surface area contributed by atoms with Crippen LogP contribution in [-0.4, -0.2) is 46.9 Å². The molecule has 108 valence electrons. The molecule has 0 saturated carbocycles. The van der Waals surface area contributed by atoms with Gasteiger partial charge < -0.3 is 10.2 Å². The lowest BCUT2D eigenvalue weighted by atomic mass is 10.1. The number of nitrogens with one attached hydrogen (secondary N) is 1.